The summed E-state index contributed by atoms with van der Waals surface area (Å²) in [5, 5.41) is 12.1. The minimum absolute atomic E-state index is 0.430. The van der Waals surface area contributed by atoms with E-state index in [2.05, 4.69) is 44.3 Å². The van der Waals surface area contributed by atoms with Gasteiger partial charge in [0.1, 0.15) is 24.0 Å². The summed E-state index contributed by atoms with van der Waals surface area (Å²) < 4.78 is 8.28. The highest BCUT2D eigenvalue weighted by Crippen LogP contribution is 2.21. The molecule has 1 N–H and O–H groups in total. The van der Waals surface area contributed by atoms with Crippen molar-refractivity contribution in [2.45, 2.75) is 45.5 Å². The van der Waals surface area contributed by atoms with Crippen LogP contribution >= 0.6 is 0 Å². The Balaban J connectivity index is 1.37. The van der Waals surface area contributed by atoms with Crippen molar-refractivity contribution in [2.24, 2.45) is 0 Å². The molecule has 0 spiro atoms. The van der Waals surface area contributed by atoms with Gasteiger partial charge in [0.15, 0.2) is 0 Å². The van der Waals surface area contributed by atoms with Crippen LogP contribution in [0.2, 0.25) is 0 Å². The first-order valence-corrected chi connectivity index (χ1v) is 9.16. The van der Waals surface area contributed by atoms with E-state index in [1.165, 1.54) is 11.1 Å². The number of hydrogen-bond donors (Lipinski definition) is 1. The van der Waals surface area contributed by atoms with Crippen LogP contribution in [-0.4, -0.2) is 20.8 Å². The van der Waals surface area contributed by atoms with Crippen molar-refractivity contribution in [3.63, 3.8) is 0 Å². The van der Waals surface area contributed by atoms with Gasteiger partial charge in [0.05, 0.1) is 0 Å². The standard InChI is InChI=1S/C21H24N4O/c1-16-23-24-21-12-11-19(14-25(16)21)22-13-18-9-5-6-10-20(18)26-15-17-7-3-2-4-8-17/h2-10,19,22H,11-15H2,1H3/t19-/m0/s1. The fourth-order valence-electron chi connectivity index (χ4n) is 3.41. The Bertz CT molecular complexity index is 859. The fourth-order valence-corrected chi connectivity index (χ4v) is 3.41. The first-order chi connectivity index (χ1) is 12.8. The van der Waals surface area contributed by atoms with E-state index < -0.39 is 0 Å². The molecule has 5 heteroatoms. The first-order valence-electron chi connectivity index (χ1n) is 9.16. The third-order valence-electron chi connectivity index (χ3n) is 4.92. The number of aromatic nitrogens is 3. The largest absolute Gasteiger partial charge is 0.489 e. The molecule has 2 heterocycles. The van der Waals surface area contributed by atoms with Crippen LogP contribution in [0.3, 0.4) is 0 Å². The Morgan fingerprint density at radius 2 is 1.88 bits per heavy atom. The second-order valence-electron chi connectivity index (χ2n) is 6.77. The van der Waals surface area contributed by atoms with Gasteiger partial charge in [0.25, 0.3) is 0 Å². The van der Waals surface area contributed by atoms with E-state index in [9.17, 15) is 0 Å². The van der Waals surface area contributed by atoms with Crippen LogP contribution in [0.15, 0.2) is 54.6 Å². The summed E-state index contributed by atoms with van der Waals surface area (Å²) in [6.45, 7) is 4.34. The maximum atomic E-state index is 6.06. The molecule has 0 saturated carbocycles. The Hall–Kier alpha value is -2.66. The zero-order valence-electron chi connectivity index (χ0n) is 15.1. The van der Waals surface area contributed by atoms with Crippen LogP contribution in [0.5, 0.6) is 5.75 Å². The third kappa shape index (κ3) is 3.78. The van der Waals surface area contributed by atoms with Crippen LogP contribution in [-0.2, 0) is 26.1 Å². The summed E-state index contributed by atoms with van der Waals surface area (Å²) in [6.07, 6.45) is 2.07. The van der Waals surface area contributed by atoms with Gasteiger partial charge >= 0.3 is 0 Å². The van der Waals surface area contributed by atoms with E-state index in [1.807, 2.05) is 37.3 Å². The number of nitrogens with one attached hydrogen (secondary N) is 1. The molecule has 0 radical (unpaired) electrons. The quantitative estimate of drug-likeness (QED) is 0.743. The Morgan fingerprint density at radius 1 is 1.08 bits per heavy atom. The molecule has 26 heavy (non-hydrogen) atoms. The molecule has 2 aromatic carbocycles. The molecule has 134 valence electrons. The van der Waals surface area contributed by atoms with Crippen LogP contribution in [0.4, 0.5) is 0 Å². The van der Waals surface area contributed by atoms with Crippen LogP contribution in [0.25, 0.3) is 0 Å². The highest BCUT2D eigenvalue weighted by atomic mass is 16.5. The van der Waals surface area contributed by atoms with Gasteiger partial charge in [-0.2, -0.15) is 0 Å². The van der Waals surface area contributed by atoms with Gasteiger partial charge in [-0.25, -0.2) is 0 Å². The van der Waals surface area contributed by atoms with E-state index in [0.717, 1.165) is 43.3 Å². The summed E-state index contributed by atoms with van der Waals surface area (Å²) in [5.74, 6) is 3.05. The number of fused-ring (bicyclic) bond motifs is 1. The van der Waals surface area contributed by atoms with Gasteiger partial charge in [-0.3, -0.25) is 0 Å². The average Bonchev–Trinajstić information content (AvgIpc) is 3.06. The smallest absolute Gasteiger partial charge is 0.133 e. The van der Waals surface area contributed by atoms with Gasteiger partial charge in [-0.15, -0.1) is 10.2 Å². The second-order valence-corrected chi connectivity index (χ2v) is 6.77. The van der Waals surface area contributed by atoms with Gasteiger partial charge in [0.2, 0.25) is 0 Å². The van der Waals surface area contributed by atoms with Crippen LogP contribution in [0.1, 0.15) is 29.2 Å². The fraction of sp³-hybridized carbons (Fsp3) is 0.333. The average molecular weight is 348 g/mol. The molecule has 5 nitrogen and oxygen atoms in total. The maximum Gasteiger partial charge on any atom is 0.133 e. The zero-order valence-corrected chi connectivity index (χ0v) is 15.1. The van der Waals surface area contributed by atoms with Gasteiger partial charge in [0, 0.05) is 31.1 Å². The number of benzene rings is 2. The topological polar surface area (TPSA) is 52.0 Å². The molecular formula is C21H24N4O. The van der Waals surface area contributed by atoms with E-state index in [-0.39, 0.29) is 0 Å². The molecule has 0 fully saturated rings. The molecule has 4 rings (SSSR count). The Labute approximate surface area is 154 Å². The predicted molar refractivity (Wildman–Crippen MR) is 101 cm³/mol. The van der Waals surface area contributed by atoms with Crippen molar-refractivity contribution in [1.82, 2.24) is 20.1 Å². The molecule has 1 aliphatic heterocycles. The van der Waals surface area contributed by atoms with E-state index in [4.69, 9.17) is 4.74 Å². The van der Waals surface area contributed by atoms with E-state index >= 15 is 0 Å². The van der Waals surface area contributed by atoms with Gasteiger partial charge < -0.3 is 14.6 Å². The lowest BCUT2D eigenvalue weighted by Crippen LogP contribution is -2.37. The highest BCUT2D eigenvalue weighted by molar-refractivity contribution is 5.33. The molecule has 1 aliphatic rings. The summed E-state index contributed by atoms with van der Waals surface area (Å²) in [6, 6.07) is 19.0. The SMILES string of the molecule is Cc1nnc2n1C[C@@H](NCc1ccccc1OCc1ccccc1)CC2. The number of ether oxygens (including phenoxy) is 1. The van der Waals surface area contributed by atoms with Crippen molar-refractivity contribution in [2.75, 3.05) is 0 Å². The van der Waals surface area contributed by atoms with Crippen molar-refractivity contribution < 1.29 is 4.74 Å². The maximum absolute atomic E-state index is 6.06. The first kappa shape index (κ1) is 16.8. The normalized spacial score (nSPS) is 16.3. The van der Waals surface area contributed by atoms with E-state index in [0.29, 0.717) is 12.6 Å². The number of para-hydroxylation sites is 1. The van der Waals surface area contributed by atoms with Gasteiger partial charge in [-0.05, 0) is 25.0 Å². The molecule has 0 unspecified atom stereocenters. The highest BCUT2D eigenvalue weighted by Gasteiger charge is 2.21. The lowest BCUT2D eigenvalue weighted by Gasteiger charge is -2.25. The minimum atomic E-state index is 0.430. The Morgan fingerprint density at radius 3 is 2.77 bits per heavy atom. The predicted octanol–water partition coefficient (Wildman–Crippen LogP) is 3.27. The number of rotatable bonds is 6. The number of aryl methyl sites for hydroxylation is 2. The summed E-state index contributed by atoms with van der Waals surface area (Å²) in [5.41, 5.74) is 2.37. The zero-order chi connectivity index (χ0) is 17.8. The number of nitrogens with zero attached hydrogens (tertiary/aromatic N) is 3. The van der Waals surface area contributed by atoms with Crippen LogP contribution < -0.4 is 10.1 Å². The lowest BCUT2D eigenvalue weighted by atomic mass is 10.1. The molecule has 0 aliphatic carbocycles. The van der Waals surface area contributed by atoms with Crippen LogP contribution in [0, 0.1) is 6.92 Å². The third-order valence-corrected chi connectivity index (χ3v) is 4.92. The Kier molecular flexibility index (Phi) is 4.97. The van der Waals surface area contributed by atoms with Crippen molar-refractivity contribution in [3.05, 3.63) is 77.4 Å². The second kappa shape index (κ2) is 7.70. The van der Waals surface area contributed by atoms with E-state index in [1.54, 1.807) is 0 Å². The minimum Gasteiger partial charge on any atom is -0.489 e. The van der Waals surface area contributed by atoms with Crippen molar-refractivity contribution >= 4 is 0 Å². The monoisotopic (exact) mass is 348 g/mol. The summed E-state index contributed by atoms with van der Waals surface area (Å²) in [4.78, 5) is 0. The van der Waals surface area contributed by atoms with Crippen molar-refractivity contribution in [1.29, 1.82) is 0 Å². The molecule has 0 bridgehead atoms. The summed E-state index contributed by atoms with van der Waals surface area (Å²) >= 11 is 0. The molecular weight excluding hydrogens is 324 g/mol. The molecule has 1 aromatic heterocycles. The van der Waals surface area contributed by atoms with Crippen molar-refractivity contribution in [3.8, 4) is 5.75 Å². The number of hydrogen-bond acceptors (Lipinski definition) is 4. The molecule has 0 saturated heterocycles. The van der Waals surface area contributed by atoms with Gasteiger partial charge in [-0.1, -0.05) is 48.5 Å². The summed E-state index contributed by atoms with van der Waals surface area (Å²) in [7, 11) is 0. The molecule has 3 aromatic rings. The lowest BCUT2D eigenvalue weighted by molar-refractivity contribution is 0.300. The molecule has 1 atom stereocenters. The molecule has 0 amide bonds.